The fourth-order valence-corrected chi connectivity index (χ4v) is 3.98. The molecule has 2 fully saturated rings. The molecular formula is C20H30N4O3. The zero-order valence-electron chi connectivity index (χ0n) is 16.0. The van der Waals surface area contributed by atoms with E-state index in [-0.39, 0.29) is 18.2 Å². The summed E-state index contributed by atoms with van der Waals surface area (Å²) in [5.74, 6) is 0.973. The lowest BCUT2D eigenvalue weighted by atomic mass is 9.87. The molecule has 3 rings (SSSR count). The highest BCUT2D eigenvalue weighted by Gasteiger charge is 2.29. The summed E-state index contributed by atoms with van der Waals surface area (Å²) in [6, 6.07) is 3.90. The van der Waals surface area contributed by atoms with Crippen LogP contribution >= 0.6 is 0 Å². The minimum Gasteiger partial charge on any atom is -0.463 e. The number of amidine groups is 1. The zero-order chi connectivity index (χ0) is 19.1. The van der Waals surface area contributed by atoms with Gasteiger partial charge >= 0.3 is 5.97 Å². The van der Waals surface area contributed by atoms with Crippen molar-refractivity contribution in [3.05, 3.63) is 23.5 Å². The number of aliphatic imine (C=N–C) groups is 2. The first-order chi connectivity index (χ1) is 13.2. The third kappa shape index (κ3) is 5.42. The van der Waals surface area contributed by atoms with Crippen molar-refractivity contribution in [1.82, 2.24) is 4.98 Å². The molecule has 27 heavy (non-hydrogen) atoms. The Hall–Kier alpha value is -2.15. The van der Waals surface area contributed by atoms with Crippen LogP contribution in [-0.4, -0.2) is 42.9 Å². The predicted molar refractivity (Wildman–Crippen MR) is 105 cm³/mol. The maximum absolute atomic E-state index is 12.1. The van der Waals surface area contributed by atoms with Gasteiger partial charge in [0.2, 0.25) is 0 Å². The molecule has 0 bridgehead atoms. The van der Waals surface area contributed by atoms with Gasteiger partial charge in [-0.05, 0) is 43.7 Å². The number of carbonyl (C=O) groups excluding carboxylic acids is 1. The topological polar surface area (TPSA) is 102 Å². The normalized spacial score (nSPS) is 24.6. The van der Waals surface area contributed by atoms with Crippen LogP contribution in [-0.2, 0) is 14.3 Å². The summed E-state index contributed by atoms with van der Waals surface area (Å²) in [6.45, 7) is 0.342. The number of aromatic amines is 1. The Labute approximate surface area is 160 Å². The Morgan fingerprint density at radius 3 is 2.85 bits per heavy atom. The van der Waals surface area contributed by atoms with Gasteiger partial charge in [0.15, 0.2) is 5.84 Å². The molecule has 2 aliphatic rings. The Balaban J connectivity index is 1.44. The molecule has 1 aromatic rings. The fraction of sp³-hybridized carbons (Fsp3) is 0.650. The SMILES string of the molecule is CN=C(N=CN)c1ccc(C2CCC(COC(=O)CC3CCCCC3)O2)[nH]1. The van der Waals surface area contributed by atoms with E-state index in [0.29, 0.717) is 24.8 Å². The summed E-state index contributed by atoms with van der Waals surface area (Å²) >= 11 is 0. The number of hydrogen-bond acceptors (Lipinski definition) is 4. The molecule has 0 spiro atoms. The predicted octanol–water partition coefficient (Wildman–Crippen LogP) is 3.11. The Morgan fingerprint density at radius 1 is 1.30 bits per heavy atom. The van der Waals surface area contributed by atoms with Gasteiger partial charge in [-0.15, -0.1) is 0 Å². The van der Waals surface area contributed by atoms with Gasteiger partial charge in [0, 0.05) is 19.2 Å². The second kappa shape index (κ2) is 9.69. The van der Waals surface area contributed by atoms with Crippen LogP contribution in [0.15, 0.2) is 22.1 Å². The number of nitrogens with two attached hydrogens (primary N) is 1. The molecule has 1 aliphatic heterocycles. The summed E-state index contributed by atoms with van der Waals surface area (Å²) < 4.78 is 11.5. The molecule has 7 heteroatoms. The molecular weight excluding hydrogens is 344 g/mol. The van der Waals surface area contributed by atoms with Gasteiger partial charge in [0.05, 0.1) is 24.2 Å². The molecule has 7 nitrogen and oxygen atoms in total. The maximum atomic E-state index is 12.1. The van der Waals surface area contributed by atoms with E-state index in [9.17, 15) is 4.79 Å². The first kappa shape index (κ1) is 19.6. The average Bonchev–Trinajstić information content (AvgIpc) is 3.34. The van der Waals surface area contributed by atoms with Crippen LogP contribution in [0.4, 0.5) is 0 Å². The van der Waals surface area contributed by atoms with E-state index in [1.165, 1.54) is 25.6 Å². The van der Waals surface area contributed by atoms with E-state index in [2.05, 4.69) is 15.0 Å². The minimum absolute atomic E-state index is 0.0271. The number of H-pyrrole nitrogens is 1. The second-order valence-electron chi connectivity index (χ2n) is 7.37. The first-order valence-electron chi connectivity index (χ1n) is 9.91. The summed E-state index contributed by atoms with van der Waals surface area (Å²) in [6.07, 6.45) is 9.58. The Morgan fingerprint density at radius 2 is 2.11 bits per heavy atom. The first-order valence-corrected chi connectivity index (χ1v) is 9.91. The van der Waals surface area contributed by atoms with Crippen LogP contribution in [0.5, 0.6) is 0 Å². The van der Waals surface area contributed by atoms with Crippen LogP contribution in [0.3, 0.4) is 0 Å². The van der Waals surface area contributed by atoms with Gasteiger partial charge in [-0.3, -0.25) is 9.79 Å². The Bertz CT molecular complexity index is 677. The molecule has 2 heterocycles. The average molecular weight is 374 g/mol. The van der Waals surface area contributed by atoms with E-state index in [4.69, 9.17) is 15.2 Å². The number of nitrogens with one attached hydrogen (secondary N) is 1. The van der Waals surface area contributed by atoms with Gasteiger partial charge < -0.3 is 20.2 Å². The largest absolute Gasteiger partial charge is 0.463 e. The monoisotopic (exact) mass is 374 g/mol. The van der Waals surface area contributed by atoms with Crippen molar-refractivity contribution in [1.29, 1.82) is 0 Å². The molecule has 2 unspecified atom stereocenters. The Kier molecular flexibility index (Phi) is 7.04. The molecule has 0 radical (unpaired) electrons. The van der Waals surface area contributed by atoms with Crippen LogP contribution in [0.1, 0.15) is 68.9 Å². The van der Waals surface area contributed by atoms with Gasteiger partial charge in [-0.1, -0.05) is 19.3 Å². The lowest BCUT2D eigenvalue weighted by Gasteiger charge is -2.21. The number of aromatic nitrogens is 1. The lowest BCUT2D eigenvalue weighted by molar-refractivity contribution is -0.149. The third-order valence-corrected chi connectivity index (χ3v) is 5.42. The van der Waals surface area contributed by atoms with Crippen molar-refractivity contribution < 1.29 is 14.3 Å². The van der Waals surface area contributed by atoms with Crippen LogP contribution < -0.4 is 5.73 Å². The number of ether oxygens (including phenoxy) is 2. The highest BCUT2D eigenvalue weighted by molar-refractivity contribution is 6.01. The van der Waals surface area contributed by atoms with Crippen LogP contribution in [0.25, 0.3) is 0 Å². The molecule has 2 atom stereocenters. The van der Waals surface area contributed by atoms with E-state index >= 15 is 0 Å². The van der Waals surface area contributed by atoms with E-state index in [1.807, 2.05) is 12.1 Å². The van der Waals surface area contributed by atoms with Crippen molar-refractivity contribution in [2.24, 2.45) is 21.6 Å². The number of nitrogens with zero attached hydrogens (tertiary/aromatic N) is 2. The fourth-order valence-electron chi connectivity index (χ4n) is 3.98. The summed E-state index contributed by atoms with van der Waals surface area (Å²) in [7, 11) is 1.67. The quantitative estimate of drug-likeness (QED) is 0.454. The standard InChI is InChI=1S/C20H30N4O3/c1-22-20(23-13-21)17-9-8-16(24-17)18-10-7-15(27-18)12-26-19(25)11-14-5-3-2-4-6-14/h8-9,13-15,18,24H,2-7,10-12H2,1H3,(H2,21,22,23). The molecule has 3 N–H and O–H groups in total. The number of carbonyl (C=O) groups is 1. The molecule has 0 amide bonds. The lowest BCUT2D eigenvalue weighted by Crippen LogP contribution is -2.20. The second-order valence-corrected chi connectivity index (χ2v) is 7.37. The van der Waals surface area contributed by atoms with E-state index in [0.717, 1.165) is 37.1 Å². The molecule has 1 saturated carbocycles. The van der Waals surface area contributed by atoms with Crippen molar-refractivity contribution in [3.63, 3.8) is 0 Å². The van der Waals surface area contributed by atoms with Crippen molar-refractivity contribution in [2.75, 3.05) is 13.7 Å². The van der Waals surface area contributed by atoms with E-state index < -0.39 is 0 Å². The minimum atomic E-state index is -0.0837. The van der Waals surface area contributed by atoms with Gasteiger partial charge in [-0.2, -0.15) is 0 Å². The number of esters is 1. The van der Waals surface area contributed by atoms with Crippen LogP contribution in [0, 0.1) is 5.92 Å². The molecule has 1 aliphatic carbocycles. The highest BCUT2D eigenvalue weighted by Crippen LogP contribution is 2.33. The maximum Gasteiger partial charge on any atom is 0.306 e. The summed E-state index contributed by atoms with van der Waals surface area (Å²) in [5, 5.41) is 0. The number of hydrogen-bond donors (Lipinski definition) is 2. The van der Waals surface area contributed by atoms with Crippen molar-refractivity contribution in [3.8, 4) is 0 Å². The summed E-state index contributed by atoms with van der Waals surface area (Å²) in [5.41, 5.74) is 7.14. The summed E-state index contributed by atoms with van der Waals surface area (Å²) in [4.78, 5) is 23.5. The molecule has 0 aromatic carbocycles. The molecule has 1 saturated heterocycles. The highest BCUT2D eigenvalue weighted by atomic mass is 16.6. The van der Waals surface area contributed by atoms with Crippen LogP contribution in [0.2, 0.25) is 0 Å². The third-order valence-electron chi connectivity index (χ3n) is 5.42. The smallest absolute Gasteiger partial charge is 0.306 e. The van der Waals surface area contributed by atoms with Gasteiger partial charge in [0.25, 0.3) is 0 Å². The van der Waals surface area contributed by atoms with Gasteiger partial charge in [-0.25, -0.2) is 4.99 Å². The molecule has 1 aromatic heterocycles. The van der Waals surface area contributed by atoms with Crippen molar-refractivity contribution >= 4 is 18.1 Å². The zero-order valence-corrected chi connectivity index (χ0v) is 16.0. The van der Waals surface area contributed by atoms with Gasteiger partial charge in [0.1, 0.15) is 6.61 Å². The molecule has 148 valence electrons. The van der Waals surface area contributed by atoms with E-state index in [1.54, 1.807) is 7.05 Å². The number of rotatable bonds is 6. The van der Waals surface area contributed by atoms with Crippen molar-refractivity contribution in [2.45, 2.75) is 63.6 Å².